The predicted molar refractivity (Wildman–Crippen MR) is 78.5 cm³/mol. The van der Waals surface area contributed by atoms with Gasteiger partial charge in [0.2, 0.25) is 5.88 Å². The van der Waals surface area contributed by atoms with Crippen LogP contribution in [0.4, 0.5) is 5.82 Å². The first-order valence-electron chi connectivity index (χ1n) is 7.01. The van der Waals surface area contributed by atoms with E-state index in [2.05, 4.69) is 29.1 Å². The lowest BCUT2D eigenvalue weighted by Gasteiger charge is -2.30. The minimum absolute atomic E-state index is 0.130. The van der Waals surface area contributed by atoms with Crippen LogP contribution in [-0.2, 0) is 0 Å². The normalized spacial score (nSPS) is 11.4. The van der Waals surface area contributed by atoms with Gasteiger partial charge in [-0.15, -0.1) is 0 Å². The third-order valence-corrected chi connectivity index (χ3v) is 3.68. The Bertz CT molecular complexity index is 383. The van der Waals surface area contributed by atoms with E-state index in [1.54, 1.807) is 0 Å². The van der Waals surface area contributed by atoms with Crippen molar-refractivity contribution in [3.05, 3.63) is 11.9 Å². The molecule has 1 aromatic heterocycles. The maximum atomic E-state index is 5.90. The number of aromatic nitrogens is 2. The van der Waals surface area contributed by atoms with Crippen LogP contribution in [0.25, 0.3) is 0 Å². The number of nitrogens with one attached hydrogen (secondary N) is 1. The van der Waals surface area contributed by atoms with Crippen LogP contribution in [0, 0.1) is 12.3 Å². The molecule has 0 atom stereocenters. The Balaban J connectivity index is 2.76. The number of anilines is 1. The molecule has 1 heterocycles. The molecule has 0 radical (unpaired) electrons. The molecule has 5 heteroatoms. The molecule has 0 bridgehead atoms. The Morgan fingerprint density at radius 3 is 2.47 bits per heavy atom. The van der Waals surface area contributed by atoms with Gasteiger partial charge in [-0.05, 0) is 38.6 Å². The van der Waals surface area contributed by atoms with Crippen molar-refractivity contribution in [3.8, 4) is 5.88 Å². The summed E-state index contributed by atoms with van der Waals surface area (Å²) in [5, 5.41) is 3.37. The molecule has 0 saturated carbocycles. The average molecular weight is 266 g/mol. The van der Waals surface area contributed by atoms with Gasteiger partial charge in [0.1, 0.15) is 11.6 Å². The van der Waals surface area contributed by atoms with Gasteiger partial charge in [-0.1, -0.05) is 13.8 Å². The molecule has 0 spiro atoms. The maximum absolute atomic E-state index is 5.90. The van der Waals surface area contributed by atoms with Crippen LogP contribution in [0.2, 0.25) is 0 Å². The minimum Gasteiger partial charge on any atom is -0.478 e. The monoisotopic (exact) mass is 266 g/mol. The SMILES string of the molecule is CCOc1cc(NCC(CC)(CC)CN)nc(C)n1. The first kappa shape index (κ1) is 15.7. The van der Waals surface area contributed by atoms with Crippen molar-refractivity contribution in [1.29, 1.82) is 0 Å². The highest BCUT2D eigenvalue weighted by molar-refractivity contribution is 5.38. The summed E-state index contributed by atoms with van der Waals surface area (Å²) in [6.07, 6.45) is 2.10. The summed E-state index contributed by atoms with van der Waals surface area (Å²) in [6, 6.07) is 1.84. The number of hydrogen-bond donors (Lipinski definition) is 2. The third-order valence-electron chi connectivity index (χ3n) is 3.68. The van der Waals surface area contributed by atoms with Crippen molar-refractivity contribution < 1.29 is 4.74 Å². The molecular weight excluding hydrogens is 240 g/mol. The summed E-state index contributed by atoms with van der Waals surface area (Å²) < 4.78 is 5.42. The molecule has 19 heavy (non-hydrogen) atoms. The smallest absolute Gasteiger partial charge is 0.218 e. The van der Waals surface area contributed by atoms with E-state index in [0.717, 1.165) is 25.2 Å². The second-order valence-corrected chi connectivity index (χ2v) is 4.84. The zero-order valence-electron chi connectivity index (χ0n) is 12.5. The minimum atomic E-state index is 0.130. The molecule has 1 rings (SSSR count). The molecule has 0 aromatic carbocycles. The number of nitrogens with zero attached hydrogens (tertiary/aromatic N) is 2. The van der Waals surface area contributed by atoms with Crippen molar-refractivity contribution in [2.75, 3.05) is 25.0 Å². The molecule has 0 unspecified atom stereocenters. The van der Waals surface area contributed by atoms with E-state index in [0.29, 0.717) is 24.9 Å². The molecule has 1 aromatic rings. The molecule has 5 nitrogen and oxygen atoms in total. The predicted octanol–water partition coefficient (Wildman–Crippen LogP) is 2.36. The van der Waals surface area contributed by atoms with Crippen LogP contribution in [0.15, 0.2) is 6.07 Å². The van der Waals surface area contributed by atoms with E-state index in [9.17, 15) is 0 Å². The van der Waals surface area contributed by atoms with Crippen LogP contribution in [-0.4, -0.2) is 29.7 Å². The molecule has 0 aliphatic heterocycles. The quantitative estimate of drug-likeness (QED) is 0.755. The van der Waals surface area contributed by atoms with Crippen LogP contribution in [0.3, 0.4) is 0 Å². The van der Waals surface area contributed by atoms with Gasteiger partial charge >= 0.3 is 0 Å². The average Bonchev–Trinajstić information content (AvgIpc) is 2.41. The molecule has 0 fully saturated rings. The first-order chi connectivity index (χ1) is 9.09. The van der Waals surface area contributed by atoms with Gasteiger partial charge in [-0.2, -0.15) is 4.98 Å². The van der Waals surface area contributed by atoms with Gasteiger partial charge in [0.05, 0.1) is 6.61 Å². The second kappa shape index (κ2) is 7.28. The van der Waals surface area contributed by atoms with Crippen molar-refractivity contribution in [2.24, 2.45) is 11.1 Å². The fourth-order valence-electron chi connectivity index (χ4n) is 1.99. The molecule has 3 N–H and O–H groups in total. The summed E-state index contributed by atoms with van der Waals surface area (Å²) in [4.78, 5) is 8.61. The second-order valence-electron chi connectivity index (χ2n) is 4.84. The topological polar surface area (TPSA) is 73.1 Å². The number of aryl methyl sites for hydroxylation is 1. The van der Waals surface area contributed by atoms with Gasteiger partial charge in [-0.3, -0.25) is 0 Å². The Kier molecular flexibility index (Phi) is 6.02. The Labute approximate surface area is 116 Å². The number of rotatable bonds is 8. The van der Waals surface area contributed by atoms with Crippen molar-refractivity contribution >= 4 is 5.82 Å². The summed E-state index contributed by atoms with van der Waals surface area (Å²) in [5.74, 6) is 2.12. The lowest BCUT2D eigenvalue weighted by Crippen LogP contribution is -2.36. The lowest BCUT2D eigenvalue weighted by atomic mass is 9.82. The Morgan fingerprint density at radius 1 is 1.26 bits per heavy atom. The van der Waals surface area contributed by atoms with Crippen LogP contribution >= 0.6 is 0 Å². The van der Waals surface area contributed by atoms with Gasteiger partial charge in [0, 0.05) is 12.6 Å². The fourth-order valence-corrected chi connectivity index (χ4v) is 1.99. The molecular formula is C14H26N4O. The van der Waals surface area contributed by atoms with Crippen molar-refractivity contribution in [3.63, 3.8) is 0 Å². The first-order valence-corrected chi connectivity index (χ1v) is 7.01. The summed E-state index contributed by atoms with van der Waals surface area (Å²) in [5.41, 5.74) is 6.03. The van der Waals surface area contributed by atoms with Crippen LogP contribution < -0.4 is 15.8 Å². The van der Waals surface area contributed by atoms with E-state index in [4.69, 9.17) is 10.5 Å². The van der Waals surface area contributed by atoms with E-state index in [-0.39, 0.29) is 5.41 Å². The fraction of sp³-hybridized carbons (Fsp3) is 0.714. The molecule has 108 valence electrons. The highest BCUT2D eigenvalue weighted by Gasteiger charge is 2.24. The van der Waals surface area contributed by atoms with Crippen molar-refractivity contribution in [2.45, 2.75) is 40.5 Å². The van der Waals surface area contributed by atoms with Crippen LogP contribution in [0.1, 0.15) is 39.4 Å². The van der Waals surface area contributed by atoms with Gasteiger partial charge in [0.15, 0.2) is 0 Å². The highest BCUT2D eigenvalue weighted by Crippen LogP contribution is 2.25. The lowest BCUT2D eigenvalue weighted by molar-refractivity contribution is 0.294. The standard InChI is InChI=1S/C14H26N4O/c1-5-14(6-2,9-15)10-16-12-8-13(19-7-3)18-11(4)17-12/h8H,5-7,9-10,15H2,1-4H3,(H,16,17,18). The van der Waals surface area contributed by atoms with Gasteiger partial charge in [0.25, 0.3) is 0 Å². The van der Waals surface area contributed by atoms with E-state index in [1.807, 2.05) is 19.9 Å². The highest BCUT2D eigenvalue weighted by atomic mass is 16.5. The Morgan fingerprint density at radius 2 is 1.95 bits per heavy atom. The summed E-state index contributed by atoms with van der Waals surface area (Å²) in [6.45, 7) is 10.3. The maximum Gasteiger partial charge on any atom is 0.218 e. The van der Waals surface area contributed by atoms with Gasteiger partial charge in [-0.25, -0.2) is 4.98 Å². The summed E-state index contributed by atoms with van der Waals surface area (Å²) >= 11 is 0. The molecule has 0 saturated heterocycles. The number of ether oxygens (including phenoxy) is 1. The van der Waals surface area contributed by atoms with Crippen molar-refractivity contribution in [1.82, 2.24) is 9.97 Å². The molecule has 0 aliphatic rings. The van der Waals surface area contributed by atoms with Crippen LogP contribution in [0.5, 0.6) is 5.88 Å². The molecule has 0 aliphatic carbocycles. The zero-order chi connectivity index (χ0) is 14.3. The summed E-state index contributed by atoms with van der Waals surface area (Å²) in [7, 11) is 0. The van der Waals surface area contributed by atoms with E-state index >= 15 is 0 Å². The number of nitrogens with two attached hydrogens (primary N) is 1. The van der Waals surface area contributed by atoms with E-state index < -0.39 is 0 Å². The van der Waals surface area contributed by atoms with Gasteiger partial charge < -0.3 is 15.8 Å². The number of hydrogen-bond acceptors (Lipinski definition) is 5. The largest absolute Gasteiger partial charge is 0.478 e. The Hall–Kier alpha value is -1.36. The van der Waals surface area contributed by atoms with E-state index in [1.165, 1.54) is 0 Å². The molecule has 0 amide bonds. The zero-order valence-corrected chi connectivity index (χ0v) is 12.5. The third kappa shape index (κ3) is 4.35.